The fraction of sp³-hybridized carbons (Fsp3) is 0.500. The third kappa shape index (κ3) is 6.83. The predicted molar refractivity (Wildman–Crippen MR) is 180 cm³/mol. The molecule has 3 N–H and O–H groups in total. The lowest BCUT2D eigenvalue weighted by molar-refractivity contribution is -0.128. The molecule has 47 heavy (non-hydrogen) atoms. The maximum Gasteiger partial charge on any atom is 0.304 e. The lowest BCUT2D eigenvalue weighted by atomic mass is 9.91. The Morgan fingerprint density at radius 3 is 2.38 bits per heavy atom. The minimum atomic E-state index is -1.16. The van der Waals surface area contributed by atoms with E-state index in [-0.39, 0.29) is 23.8 Å². The highest BCUT2D eigenvalue weighted by Gasteiger charge is 2.33. The van der Waals surface area contributed by atoms with Crippen molar-refractivity contribution in [2.75, 3.05) is 0 Å². The molecule has 2 aromatic carbocycles. The Hall–Kier alpha value is -4.06. The number of hydrogen-bond donors (Lipinski definition) is 3. The number of benzene rings is 2. The van der Waals surface area contributed by atoms with Crippen LogP contribution >= 0.6 is 0 Å². The molecule has 2 aliphatic rings. The number of fused-ring (bicyclic) bond motifs is 1. The molecule has 0 radical (unpaired) electrons. The number of oxime groups is 1. The van der Waals surface area contributed by atoms with E-state index in [9.17, 15) is 15.0 Å². The molecule has 3 heterocycles. The second kappa shape index (κ2) is 13.6. The summed E-state index contributed by atoms with van der Waals surface area (Å²) in [6.45, 7) is 9.62. The Morgan fingerprint density at radius 2 is 1.77 bits per heavy atom. The van der Waals surface area contributed by atoms with Crippen LogP contribution in [0.25, 0.3) is 16.9 Å². The van der Waals surface area contributed by atoms with Crippen molar-refractivity contribution in [3.05, 3.63) is 87.1 Å². The van der Waals surface area contributed by atoms with E-state index in [0.29, 0.717) is 23.9 Å². The molecular weight excluding hydrogens is 596 g/mol. The summed E-state index contributed by atoms with van der Waals surface area (Å²) in [7, 11) is 0. The molecule has 1 saturated carbocycles. The van der Waals surface area contributed by atoms with Crippen LogP contribution < -0.4 is 10.9 Å². The number of aliphatic hydroxyl groups is 2. The first-order valence-electron chi connectivity index (χ1n) is 16.8. The summed E-state index contributed by atoms with van der Waals surface area (Å²) in [5, 5.41) is 31.9. The highest BCUT2D eigenvalue weighted by molar-refractivity contribution is 6.04. The normalized spacial score (nSPS) is 20.6. The first-order valence-corrected chi connectivity index (χ1v) is 16.8. The van der Waals surface area contributed by atoms with E-state index in [4.69, 9.17) is 19.7 Å². The fourth-order valence-corrected chi connectivity index (χ4v) is 7.01. The van der Waals surface area contributed by atoms with E-state index in [1.54, 1.807) is 13.8 Å². The molecule has 4 aromatic rings. The first kappa shape index (κ1) is 32.9. The minimum Gasteiger partial charge on any atom is -0.388 e. The maximum atomic E-state index is 14.5. The molecule has 11 heteroatoms. The van der Waals surface area contributed by atoms with Gasteiger partial charge in [0.1, 0.15) is 5.82 Å². The summed E-state index contributed by atoms with van der Waals surface area (Å²) >= 11 is 0. The topological polar surface area (TPSA) is 136 Å². The average molecular weight is 643 g/mol. The van der Waals surface area contributed by atoms with Crippen LogP contribution in [0.1, 0.15) is 100 Å². The van der Waals surface area contributed by atoms with Gasteiger partial charge in [0.2, 0.25) is 5.78 Å². The summed E-state index contributed by atoms with van der Waals surface area (Å²) in [6.07, 6.45) is 4.66. The van der Waals surface area contributed by atoms with Gasteiger partial charge in [-0.15, -0.1) is 0 Å². The molecule has 0 amide bonds. The predicted octanol–water partition coefficient (Wildman–Crippen LogP) is 5.02. The van der Waals surface area contributed by atoms with Crippen molar-refractivity contribution < 1.29 is 19.8 Å². The summed E-state index contributed by atoms with van der Waals surface area (Å²) in [5.74, 6) is 1.72. The monoisotopic (exact) mass is 642 g/mol. The molecule has 250 valence electrons. The van der Waals surface area contributed by atoms with Gasteiger partial charge in [-0.05, 0) is 76.0 Å². The number of hydrogen-bond acceptors (Lipinski definition) is 9. The number of aliphatic hydroxyl groups excluding tert-OH is 1. The van der Waals surface area contributed by atoms with Crippen LogP contribution in [0.15, 0.2) is 58.5 Å². The van der Waals surface area contributed by atoms with E-state index in [1.807, 2.05) is 47.2 Å². The third-order valence-electron chi connectivity index (χ3n) is 9.34. The van der Waals surface area contributed by atoms with Crippen molar-refractivity contribution in [3.8, 4) is 11.1 Å². The molecule has 1 aliphatic heterocycles. The minimum absolute atomic E-state index is 0.000978. The number of aromatic nitrogens is 4. The molecule has 0 bridgehead atoms. The largest absolute Gasteiger partial charge is 0.388 e. The van der Waals surface area contributed by atoms with Gasteiger partial charge in [0, 0.05) is 23.6 Å². The van der Waals surface area contributed by atoms with Gasteiger partial charge in [-0.1, -0.05) is 74.0 Å². The molecule has 2 aromatic heterocycles. The Kier molecular flexibility index (Phi) is 9.50. The SMILES string of the molecule is CCCc1c(Cc2ccc(-c3ccccc3C3=NOC(O)N3)cc2)c(=O)n([C@H]2CC[C@H](OC(CC)C(C)(C)O)CC2)c2nc(C)nn12. The van der Waals surface area contributed by atoms with Crippen LogP contribution in [0.4, 0.5) is 0 Å². The third-order valence-corrected chi connectivity index (χ3v) is 9.34. The molecule has 6 rings (SSSR count). The van der Waals surface area contributed by atoms with Crippen molar-refractivity contribution in [3.63, 3.8) is 0 Å². The number of ether oxygens (including phenoxy) is 1. The van der Waals surface area contributed by atoms with Gasteiger partial charge >= 0.3 is 6.41 Å². The van der Waals surface area contributed by atoms with Gasteiger partial charge in [-0.2, -0.15) is 10.1 Å². The summed E-state index contributed by atoms with van der Waals surface area (Å²) in [4.78, 5) is 24.2. The Balaban J connectivity index is 1.30. The molecule has 11 nitrogen and oxygen atoms in total. The van der Waals surface area contributed by atoms with E-state index in [2.05, 4.69) is 41.7 Å². The summed E-state index contributed by atoms with van der Waals surface area (Å²) in [5.41, 5.74) is 4.53. The fourth-order valence-electron chi connectivity index (χ4n) is 7.01. The zero-order valence-corrected chi connectivity index (χ0v) is 27.9. The Labute approximate surface area is 275 Å². The van der Waals surface area contributed by atoms with Gasteiger partial charge in [0.15, 0.2) is 5.84 Å². The number of nitrogens with zero attached hydrogens (tertiary/aromatic N) is 5. The highest BCUT2D eigenvalue weighted by atomic mass is 16.7. The second-order valence-corrected chi connectivity index (χ2v) is 13.3. The lowest BCUT2D eigenvalue weighted by Crippen LogP contribution is -2.41. The van der Waals surface area contributed by atoms with Crippen molar-refractivity contribution >= 4 is 11.6 Å². The molecule has 1 aliphatic carbocycles. The average Bonchev–Trinajstić information content (AvgIpc) is 3.67. The first-order chi connectivity index (χ1) is 22.6. The zero-order chi connectivity index (χ0) is 33.3. The number of amidine groups is 1. The van der Waals surface area contributed by atoms with Gasteiger partial charge in [0.05, 0.1) is 23.5 Å². The number of aryl methyl sites for hydroxylation is 2. The van der Waals surface area contributed by atoms with E-state index < -0.39 is 12.0 Å². The van der Waals surface area contributed by atoms with Crippen molar-refractivity contribution in [2.24, 2.45) is 5.16 Å². The molecule has 0 spiro atoms. The molecule has 1 fully saturated rings. The summed E-state index contributed by atoms with van der Waals surface area (Å²) in [6, 6.07) is 16.0. The highest BCUT2D eigenvalue weighted by Crippen LogP contribution is 2.33. The maximum absolute atomic E-state index is 14.5. The van der Waals surface area contributed by atoms with Crippen molar-refractivity contribution in [2.45, 2.75) is 116 Å². The van der Waals surface area contributed by atoms with Crippen LogP contribution in [0, 0.1) is 6.92 Å². The van der Waals surface area contributed by atoms with Crippen LogP contribution in [-0.4, -0.2) is 59.4 Å². The quantitative estimate of drug-likeness (QED) is 0.208. The van der Waals surface area contributed by atoms with Gasteiger partial charge in [-0.25, -0.2) is 4.52 Å². The van der Waals surface area contributed by atoms with Crippen LogP contribution in [0.2, 0.25) is 0 Å². The van der Waals surface area contributed by atoms with Crippen molar-refractivity contribution in [1.82, 2.24) is 24.5 Å². The van der Waals surface area contributed by atoms with E-state index >= 15 is 0 Å². The summed E-state index contributed by atoms with van der Waals surface area (Å²) < 4.78 is 10.1. The Morgan fingerprint density at radius 1 is 1.06 bits per heavy atom. The smallest absolute Gasteiger partial charge is 0.304 e. The molecular formula is C36H46N6O5. The number of rotatable bonds is 11. The number of nitrogens with one attached hydrogen (secondary N) is 1. The molecule has 2 unspecified atom stereocenters. The van der Waals surface area contributed by atoms with Crippen molar-refractivity contribution in [1.29, 1.82) is 0 Å². The molecule has 0 saturated heterocycles. The lowest BCUT2D eigenvalue weighted by Gasteiger charge is -2.36. The van der Waals surface area contributed by atoms with E-state index in [1.165, 1.54) is 0 Å². The Bertz CT molecular complexity index is 1800. The van der Waals surface area contributed by atoms with Gasteiger partial charge < -0.3 is 25.1 Å². The zero-order valence-electron chi connectivity index (χ0n) is 27.9. The van der Waals surface area contributed by atoms with Crippen LogP contribution in [0.3, 0.4) is 0 Å². The molecule has 2 atom stereocenters. The second-order valence-electron chi connectivity index (χ2n) is 13.3. The standard InChI is InChI=1S/C36H46N6O5/c1-6-10-30-29(21-23-13-15-24(16-14-23)27-11-8-9-12-28(27)32-38-35(44)47-40-32)33(43)41(34-37-22(3)39-42(30)34)25-17-19-26(20-18-25)46-31(7-2)36(4,5)45/h8-9,11-16,25-26,31,35,44-45H,6-7,10,17-21H2,1-5H3,(H,38,40)/t25-,26-,31?,35?. The van der Waals surface area contributed by atoms with Crippen LogP contribution in [0.5, 0.6) is 0 Å². The van der Waals surface area contributed by atoms with Gasteiger partial charge in [0.25, 0.3) is 5.56 Å². The van der Waals surface area contributed by atoms with Gasteiger partial charge in [-0.3, -0.25) is 9.36 Å². The van der Waals surface area contributed by atoms with Crippen LogP contribution in [-0.2, 0) is 22.4 Å². The van der Waals surface area contributed by atoms with E-state index in [0.717, 1.165) is 78.5 Å².